The predicted octanol–water partition coefficient (Wildman–Crippen LogP) is 1.64. The van der Waals surface area contributed by atoms with Crippen LogP contribution < -0.4 is 10.2 Å². The lowest BCUT2D eigenvalue weighted by Crippen LogP contribution is -2.31. The highest BCUT2D eigenvalue weighted by Crippen LogP contribution is 2.17. The number of carbonyl (C=O) groups is 1. The minimum absolute atomic E-state index is 0.288. The molecule has 0 unspecified atom stereocenters. The van der Waals surface area contributed by atoms with E-state index in [9.17, 15) is 4.79 Å². The zero-order valence-corrected chi connectivity index (χ0v) is 13.5. The molecule has 0 radical (unpaired) electrons. The smallest absolute Gasteiger partial charge is 0.261 e. The lowest BCUT2D eigenvalue weighted by atomic mass is 10.1. The summed E-state index contributed by atoms with van der Waals surface area (Å²) in [5.74, 6) is 0.699. The number of amides is 1. The molecule has 0 atom stereocenters. The van der Waals surface area contributed by atoms with Crippen molar-refractivity contribution < 1.29 is 4.79 Å². The molecule has 0 aliphatic carbocycles. The van der Waals surface area contributed by atoms with E-state index in [0.29, 0.717) is 23.8 Å². The first kappa shape index (κ1) is 15.4. The summed E-state index contributed by atoms with van der Waals surface area (Å²) in [6.07, 6.45) is 6.75. The van der Waals surface area contributed by atoms with Gasteiger partial charge in [0, 0.05) is 25.8 Å². The van der Waals surface area contributed by atoms with Gasteiger partial charge in [-0.25, -0.2) is 15.0 Å². The maximum atomic E-state index is 12.3. The average Bonchev–Trinajstić information content (AvgIpc) is 3.03. The number of hydrogen-bond donors (Lipinski definition) is 1. The van der Waals surface area contributed by atoms with Crippen LogP contribution in [0.25, 0.3) is 0 Å². The molecule has 8 heteroatoms. The Morgan fingerprint density at radius 3 is 2.70 bits per heavy atom. The number of aromatic nitrogens is 5. The maximum absolute atomic E-state index is 12.3. The van der Waals surface area contributed by atoms with Crippen molar-refractivity contribution in [2.75, 3.05) is 23.3 Å². The molecule has 1 aliphatic rings. The Morgan fingerprint density at radius 1 is 1.26 bits per heavy atom. The van der Waals surface area contributed by atoms with Gasteiger partial charge in [0.15, 0.2) is 0 Å². The predicted molar refractivity (Wildman–Crippen MR) is 86.5 cm³/mol. The van der Waals surface area contributed by atoms with Gasteiger partial charge in [-0.2, -0.15) is 0 Å². The number of hydrogen-bond acceptors (Lipinski definition) is 6. The first-order chi connectivity index (χ1) is 11.2. The highest BCUT2D eigenvalue weighted by atomic mass is 16.1. The topological polar surface area (TPSA) is 88.8 Å². The SMILES string of the molecule is CCn1cnc(NC(=O)c2cnc(N3CCCCC3)nc2C)n1. The molecule has 0 bridgehead atoms. The van der Waals surface area contributed by atoms with Gasteiger partial charge in [0.2, 0.25) is 11.9 Å². The fourth-order valence-electron chi connectivity index (χ4n) is 2.60. The molecule has 1 amide bonds. The third-order valence-electron chi connectivity index (χ3n) is 3.94. The van der Waals surface area contributed by atoms with E-state index in [4.69, 9.17) is 0 Å². The fraction of sp³-hybridized carbons (Fsp3) is 0.533. The Bertz CT molecular complexity index is 691. The van der Waals surface area contributed by atoms with Crippen molar-refractivity contribution in [3.8, 4) is 0 Å². The molecule has 1 N–H and O–H groups in total. The number of piperidine rings is 1. The highest BCUT2D eigenvalue weighted by Gasteiger charge is 2.17. The van der Waals surface area contributed by atoms with E-state index in [-0.39, 0.29) is 11.9 Å². The van der Waals surface area contributed by atoms with E-state index in [2.05, 4.69) is 30.3 Å². The Morgan fingerprint density at radius 2 is 2.04 bits per heavy atom. The van der Waals surface area contributed by atoms with E-state index in [0.717, 1.165) is 25.9 Å². The Balaban J connectivity index is 1.72. The van der Waals surface area contributed by atoms with Crippen LogP contribution in [0.4, 0.5) is 11.9 Å². The number of rotatable bonds is 4. The van der Waals surface area contributed by atoms with Gasteiger partial charge in [-0.1, -0.05) is 0 Å². The lowest BCUT2D eigenvalue weighted by Gasteiger charge is -2.26. The number of nitrogens with zero attached hydrogens (tertiary/aromatic N) is 6. The molecule has 0 aromatic carbocycles. The second-order valence-corrected chi connectivity index (χ2v) is 5.59. The second kappa shape index (κ2) is 6.72. The van der Waals surface area contributed by atoms with Crippen molar-refractivity contribution in [1.29, 1.82) is 0 Å². The van der Waals surface area contributed by atoms with Crippen LogP contribution in [0.3, 0.4) is 0 Å². The quantitative estimate of drug-likeness (QED) is 0.922. The molecular weight excluding hydrogens is 294 g/mol. The third-order valence-corrected chi connectivity index (χ3v) is 3.94. The van der Waals surface area contributed by atoms with Gasteiger partial charge in [-0.05, 0) is 33.1 Å². The number of carbonyl (C=O) groups excluding carboxylic acids is 1. The zero-order chi connectivity index (χ0) is 16.2. The van der Waals surface area contributed by atoms with Gasteiger partial charge in [-0.3, -0.25) is 14.8 Å². The van der Waals surface area contributed by atoms with Crippen LogP contribution >= 0.6 is 0 Å². The molecule has 2 aromatic heterocycles. The third kappa shape index (κ3) is 3.46. The van der Waals surface area contributed by atoms with Gasteiger partial charge in [0.25, 0.3) is 5.91 Å². The van der Waals surface area contributed by atoms with Crippen LogP contribution in [0.5, 0.6) is 0 Å². The van der Waals surface area contributed by atoms with Crippen molar-refractivity contribution >= 4 is 17.8 Å². The van der Waals surface area contributed by atoms with E-state index in [1.54, 1.807) is 17.2 Å². The van der Waals surface area contributed by atoms with Crippen LogP contribution in [-0.2, 0) is 6.54 Å². The molecule has 2 aromatic rings. The summed E-state index contributed by atoms with van der Waals surface area (Å²) in [4.78, 5) is 27.4. The van der Waals surface area contributed by atoms with Crippen molar-refractivity contribution in [3.63, 3.8) is 0 Å². The standard InChI is InChI=1S/C15H21N7O/c1-3-22-10-17-14(20-22)19-13(23)12-9-16-15(18-11(12)2)21-7-5-4-6-8-21/h9-10H,3-8H2,1-2H3,(H,19,20,23). The minimum atomic E-state index is -0.290. The van der Waals surface area contributed by atoms with E-state index in [1.165, 1.54) is 6.42 Å². The van der Waals surface area contributed by atoms with Gasteiger partial charge >= 0.3 is 0 Å². The second-order valence-electron chi connectivity index (χ2n) is 5.59. The van der Waals surface area contributed by atoms with E-state index in [1.807, 2.05) is 13.8 Å². The van der Waals surface area contributed by atoms with Crippen LogP contribution in [-0.4, -0.2) is 43.7 Å². The molecule has 0 saturated carbocycles. The maximum Gasteiger partial charge on any atom is 0.261 e. The molecule has 0 spiro atoms. The van der Waals surface area contributed by atoms with Crippen LogP contribution in [0, 0.1) is 6.92 Å². The summed E-state index contributed by atoms with van der Waals surface area (Å²) >= 11 is 0. The molecule has 23 heavy (non-hydrogen) atoms. The summed E-state index contributed by atoms with van der Waals surface area (Å²) in [5, 5.41) is 6.82. The van der Waals surface area contributed by atoms with Gasteiger partial charge < -0.3 is 4.90 Å². The van der Waals surface area contributed by atoms with Crippen molar-refractivity contribution in [1.82, 2.24) is 24.7 Å². The summed E-state index contributed by atoms with van der Waals surface area (Å²) in [6, 6.07) is 0. The summed E-state index contributed by atoms with van der Waals surface area (Å²) in [7, 11) is 0. The average molecular weight is 315 g/mol. The molecule has 1 saturated heterocycles. The van der Waals surface area contributed by atoms with Gasteiger partial charge in [0.05, 0.1) is 11.3 Å². The Kier molecular flexibility index (Phi) is 4.50. The summed E-state index contributed by atoms with van der Waals surface area (Å²) < 4.78 is 1.65. The van der Waals surface area contributed by atoms with Crippen LogP contribution in [0.15, 0.2) is 12.5 Å². The normalized spacial score (nSPS) is 14.8. The molecule has 1 aliphatic heterocycles. The first-order valence-electron chi connectivity index (χ1n) is 7.96. The van der Waals surface area contributed by atoms with Crippen molar-refractivity contribution in [2.24, 2.45) is 0 Å². The van der Waals surface area contributed by atoms with E-state index >= 15 is 0 Å². The van der Waals surface area contributed by atoms with Gasteiger partial charge in [0.1, 0.15) is 6.33 Å². The van der Waals surface area contributed by atoms with Gasteiger partial charge in [-0.15, -0.1) is 5.10 Å². The molecule has 8 nitrogen and oxygen atoms in total. The zero-order valence-electron chi connectivity index (χ0n) is 13.5. The first-order valence-corrected chi connectivity index (χ1v) is 7.96. The molecule has 1 fully saturated rings. The lowest BCUT2D eigenvalue weighted by molar-refractivity contribution is 0.102. The minimum Gasteiger partial charge on any atom is -0.341 e. The fourth-order valence-corrected chi connectivity index (χ4v) is 2.60. The monoisotopic (exact) mass is 315 g/mol. The Labute approximate surface area is 135 Å². The largest absolute Gasteiger partial charge is 0.341 e. The number of aryl methyl sites for hydroxylation is 2. The van der Waals surface area contributed by atoms with Crippen LogP contribution in [0.2, 0.25) is 0 Å². The number of nitrogens with one attached hydrogen (secondary N) is 1. The highest BCUT2D eigenvalue weighted by molar-refractivity contribution is 6.03. The molecule has 3 rings (SSSR count). The Hall–Kier alpha value is -2.51. The van der Waals surface area contributed by atoms with Crippen molar-refractivity contribution in [2.45, 2.75) is 39.7 Å². The molecular formula is C15H21N7O. The molecule has 3 heterocycles. The summed E-state index contributed by atoms with van der Waals surface area (Å²) in [6.45, 7) is 6.43. The number of anilines is 2. The molecule has 122 valence electrons. The van der Waals surface area contributed by atoms with E-state index < -0.39 is 0 Å². The van der Waals surface area contributed by atoms with Crippen molar-refractivity contribution in [3.05, 3.63) is 23.8 Å². The summed E-state index contributed by atoms with van der Waals surface area (Å²) in [5.41, 5.74) is 1.10. The van der Waals surface area contributed by atoms with Crippen LogP contribution in [0.1, 0.15) is 42.2 Å².